The fourth-order valence-electron chi connectivity index (χ4n) is 4.01. The predicted octanol–water partition coefficient (Wildman–Crippen LogP) is 3.50. The van der Waals surface area contributed by atoms with Crippen molar-refractivity contribution in [3.05, 3.63) is 75.8 Å². The Hall–Kier alpha value is -3.17. The monoisotopic (exact) mass is 492 g/mol. The average Bonchev–Trinajstić information content (AvgIpc) is 3.36. The van der Waals surface area contributed by atoms with Gasteiger partial charge in [-0.3, -0.25) is 14.5 Å². The van der Waals surface area contributed by atoms with Gasteiger partial charge < -0.3 is 10.1 Å². The van der Waals surface area contributed by atoms with Gasteiger partial charge in [0.25, 0.3) is 0 Å². The number of nitrogens with zero attached hydrogens (tertiary/aromatic N) is 5. The van der Waals surface area contributed by atoms with Crippen molar-refractivity contribution in [2.45, 2.75) is 25.4 Å². The lowest BCUT2D eigenvalue weighted by Gasteiger charge is -2.13. The van der Waals surface area contributed by atoms with Gasteiger partial charge in [-0.15, -0.1) is 0 Å². The van der Waals surface area contributed by atoms with Crippen LogP contribution in [0.5, 0.6) is 0 Å². The van der Waals surface area contributed by atoms with Crippen molar-refractivity contribution in [1.82, 2.24) is 24.7 Å². The minimum atomic E-state index is -0.452. The minimum absolute atomic E-state index is 0.126. The summed E-state index contributed by atoms with van der Waals surface area (Å²) in [5.41, 5.74) is 4.25. The van der Waals surface area contributed by atoms with Gasteiger partial charge in [-0.2, -0.15) is 10.1 Å². The second kappa shape index (κ2) is 8.76. The summed E-state index contributed by atoms with van der Waals surface area (Å²) in [6.45, 7) is 1.64. The highest BCUT2D eigenvalue weighted by Gasteiger charge is 2.35. The van der Waals surface area contributed by atoms with Gasteiger partial charge >= 0.3 is 0 Å². The van der Waals surface area contributed by atoms with Crippen LogP contribution in [-0.4, -0.2) is 44.2 Å². The van der Waals surface area contributed by atoms with Crippen molar-refractivity contribution in [2.75, 3.05) is 19.0 Å². The van der Waals surface area contributed by atoms with E-state index < -0.39 is 5.92 Å². The Morgan fingerprint density at radius 3 is 3.00 bits per heavy atom. The summed E-state index contributed by atoms with van der Waals surface area (Å²) in [7, 11) is 1.65. The molecule has 4 aromatic rings. The molecule has 0 spiro atoms. The molecule has 3 aromatic heterocycles. The predicted molar refractivity (Wildman–Crippen MR) is 123 cm³/mol. The van der Waals surface area contributed by atoms with E-state index in [1.165, 1.54) is 0 Å². The van der Waals surface area contributed by atoms with E-state index in [1.54, 1.807) is 24.2 Å². The van der Waals surface area contributed by atoms with E-state index in [2.05, 4.69) is 36.3 Å². The van der Waals surface area contributed by atoms with Gasteiger partial charge in [0.15, 0.2) is 11.4 Å². The summed E-state index contributed by atoms with van der Waals surface area (Å²) in [4.78, 5) is 26.7. The molecule has 5 rings (SSSR count). The number of methoxy groups -OCH3 is 1. The fourth-order valence-corrected chi connectivity index (χ4v) is 4.39. The SMILES string of the molecule is COCCn1cc2c(C3C(=O)Cc4ccc(Br)cc43)nc(NCc3cccnc3)nc2n1. The number of hydrogen-bond acceptors (Lipinski definition) is 7. The maximum Gasteiger partial charge on any atom is 0.225 e. The number of rotatable bonds is 7. The van der Waals surface area contributed by atoms with Crippen molar-refractivity contribution < 1.29 is 9.53 Å². The van der Waals surface area contributed by atoms with Crippen molar-refractivity contribution >= 4 is 38.7 Å². The van der Waals surface area contributed by atoms with Crippen LogP contribution in [0, 0.1) is 0 Å². The molecular weight excluding hydrogens is 472 g/mol. The Bertz CT molecular complexity index is 1290. The van der Waals surface area contributed by atoms with Crippen molar-refractivity contribution in [3.63, 3.8) is 0 Å². The number of halogens is 1. The maximum absolute atomic E-state index is 13.1. The van der Waals surface area contributed by atoms with Crippen molar-refractivity contribution in [2.24, 2.45) is 0 Å². The van der Waals surface area contributed by atoms with Crippen LogP contribution in [-0.2, 0) is 29.0 Å². The quantitative estimate of drug-likeness (QED) is 0.421. The van der Waals surface area contributed by atoms with Crippen LogP contribution in [0.15, 0.2) is 53.4 Å². The highest BCUT2D eigenvalue weighted by atomic mass is 79.9. The number of ketones is 1. The number of aromatic nitrogens is 5. The van der Waals surface area contributed by atoms with Gasteiger partial charge in [0.2, 0.25) is 5.95 Å². The summed E-state index contributed by atoms with van der Waals surface area (Å²) in [5.74, 6) is 0.109. The number of carbonyl (C=O) groups is 1. The molecule has 1 N–H and O–H groups in total. The fraction of sp³-hybridized carbons (Fsp3) is 0.261. The number of Topliss-reactive ketones (excluding diaryl/α,β-unsaturated/α-hetero) is 1. The summed E-state index contributed by atoms with van der Waals surface area (Å²) in [6, 6.07) is 9.84. The first kappa shape index (κ1) is 20.7. The lowest BCUT2D eigenvalue weighted by molar-refractivity contribution is -0.118. The summed E-state index contributed by atoms with van der Waals surface area (Å²) < 4.78 is 7.91. The molecular formula is C23H21BrN6O2. The molecule has 1 atom stereocenters. The average molecular weight is 493 g/mol. The van der Waals surface area contributed by atoms with Gasteiger partial charge in [-0.05, 0) is 34.9 Å². The number of carbonyl (C=O) groups excluding carboxylic acids is 1. The van der Waals surface area contributed by atoms with Crippen LogP contribution in [0.2, 0.25) is 0 Å². The standard InChI is InChI=1S/C23H21BrN6O2/c1-32-8-7-30-13-18-21(20-17-10-16(24)5-4-15(17)9-19(20)31)27-23(28-22(18)29-30)26-12-14-3-2-6-25-11-14/h2-6,10-11,13,20H,7-9,12H2,1H3,(H,26,28,29). The lowest BCUT2D eigenvalue weighted by Crippen LogP contribution is -2.13. The highest BCUT2D eigenvalue weighted by Crippen LogP contribution is 2.39. The molecule has 0 aliphatic heterocycles. The second-order valence-electron chi connectivity index (χ2n) is 7.69. The number of nitrogens with one attached hydrogen (secondary N) is 1. The third kappa shape index (κ3) is 4.01. The van der Waals surface area contributed by atoms with Crippen LogP contribution < -0.4 is 5.32 Å². The molecule has 32 heavy (non-hydrogen) atoms. The van der Waals surface area contributed by atoms with Gasteiger partial charge in [0.1, 0.15) is 0 Å². The van der Waals surface area contributed by atoms with Crippen LogP contribution in [0.4, 0.5) is 5.95 Å². The first-order valence-corrected chi connectivity index (χ1v) is 11.1. The molecule has 1 aromatic carbocycles. The van der Waals surface area contributed by atoms with Crippen LogP contribution in [0.1, 0.15) is 28.3 Å². The number of hydrogen-bond donors (Lipinski definition) is 1. The van der Waals surface area contributed by atoms with E-state index >= 15 is 0 Å². The molecule has 162 valence electrons. The van der Waals surface area contributed by atoms with Crippen molar-refractivity contribution in [3.8, 4) is 0 Å². The van der Waals surface area contributed by atoms with Gasteiger partial charge in [-0.25, -0.2) is 4.98 Å². The van der Waals surface area contributed by atoms with Crippen LogP contribution in [0.3, 0.4) is 0 Å². The molecule has 0 saturated heterocycles. The number of anilines is 1. The topological polar surface area (TPSA) is 94.8 Å². The van der Waals surface area contributed by atoms with Crippen molar-refractivity contribution in [1.29, 1.82) is 0 Å². The van der Waals surface area contributed by atoms with Gasteiger partial charge in [-0.1, -0.05) is 28.1 Å². The zero-order valence-corrected chi connectivity index (χ0v) is 19.0. The number of pyridine rings is 1. The van der Waals surface area contributed by atoms with E-state index in [9.17, 15) is 4.79 Å². The first-order valence-electron chi connectivity index (χ1n) is 10.3. The largest absolute Gasteiger partial charge is 0.383 e. The Labute approximate surface area is 193 Å². The molecule has 1 unspecified atom stereocenters. The van der Waals surface area contributed by atoms with E-state index in [0.717, 1.165) is 26.5 Å². The highest BCUT2D eigenvalue weighted by molar-refractivity contribution is 9.10. The lowest BCUT2D eigenvalue weighted by atomic mass is 9.95. The Morgan fingerprint density at radius 2 is 2.19 bits per heavy atom. The Balaban J connectivity index is 1.59. The number of benzene rings is 1. The smallest absolute Gasteiger partial charge is 0.225 e. The molecule has 9 heteroatoms. The molecule has 3 heterocycles. The third-order valence-corrected chi connectivity index (χ3v) is 6.03. The molecule has 1 aliphatic rings. The molecule has 0 fully saturated rings. The zero-order valence-electron chi connectivity index (χ0n) is 17.5. The molecule has 0 amide bonds. The summed E-state index contributed by atoms with van der Waals surface area (Å²) in [5, 5.41) is 8.65. The minimum Gasteiger partial charge on any atom is -0.383 e. The summed E-state index contributed by atoms with van der Waals surface area (Å²) in [6.07, 6.45) is 5.82. The first-order chi connectivity index (χ1) is 15.6. The summed E-state index contributed by atoms with van der Waals surface area (Å²) >= 11 is 3.54. The van der Waals surface area contributed by atoms with Gasteiger partial charge in [0, 0.05) is 43.1 Å². The van der Waals surface area contributed by atoms with Crippen LogP contribution in [0.25, 0.3) is 11.0 Å². The van der Waals surface area contributed by atoms with Gasteiger partial charge in [0.05, 0.1) is 30.1 Å². The van der Waals surface area contributed by atoms with E-state index in [-0.39, 0.29) is 5.78 Å². The maximum atomic E-state index is 13.1. The number of fused-ring (bicyclic) bond motifs is 2. The third-order valence-electron chi connectivity index (χ3n) is 5.53. The Kier molecular flexibility index (Phi) is 5.67. The molecule has 0 radical (unpaired) electrons. The molecule has 0 saturated carbocycles. The normalized spacial score (nSPS) is 15.3. The Morgan fingerprint density at radius 1 is 1.28 bits per heavy atom. The van der Waals surface area contributed by atoms with Crippen LogP contribution >= 0.6 is 15.9 Å². The van der Waals surface area contributed by atoms with E-state index in [0.29, 0.717) is 43.4 Å². The van der Waals surface area contributed by atoms with E-state index in [4.69, 9.17) is 9.72 Å². The molecule has 1 aliphatic carbocycles. The molecule has 0 bridgehead atoms. The zero-order chi connectivity index (χ0) is 22.1. The second-order valence-corrected chi connectivity index (χ2v) is 8.60. The number of ether oxygens (including phenoxy) is 1. The molecule has 8 nitrogen and oxygen atoms in total. The van der Waals surface area contributed by atoms with E-state index in [1.807, 2.05) is 36.5 Å².